The summed E-state index contributed by atoms with van der Waals surface area (Å²) in [6.07, 6.45) is 4.12. The summed E-state index contributed by atoms with van der Waals surface area (Å²) in [5.41, 5.74) is 8.26. The molecule has 0 aliphatic heterocycles. The highest BCUT2D eigenvalue weighted by Crippen LogP contribution is 2.28. The summed E-state index contributed by atoms with van der Waals surface area (Å²) >= 11 is 0. The van der Waals surface area contributed by atoms with Crippen molar-refractivity contribution in [2.45, 2.75) is 33.6 Å². The molecular weight excluding hydrogens is 238 g/mol. The van der Waals surface area contributed by atoms with Crippen LogP contribution in [-0.4, -0.2) is 26.1 Å². The Bertz CT molecular complexity index is 437. The van der Waals surface area contributed by atoms with E-state index < -0.39 is 0 Å². The first-order valence-corrected chi connectivity index (χ1v) is 6.47. The minimum atomic E-state index is 0.305. The summed E-state index contributed by atoms with van der Waals surface area (Å²) < 4.78 is 5.20. The quantitative estimate of drug-likeness (QED) is 0.645. The van der Waals surface area contributed by atoms with E-state index in [0.717, 1.165) is 5.56 Å². The Morgan fingerprint density at radius 2 is 1.95 bits per heavy atom. The van der Waals surface area contributed by atoms with Crippen LogP contribution in [0.4, 0.5) is 5.69 Å². The van der Waals surface area contributed by atoms with Gasteiger partial charge in [-0.25, -0.2) is 0 Å². The molecule has 1 aromatic carbocycles. The van der Waals surface area contributed by atoms with Crippen LogP contribution in [0, 0.1) is 12.3 Å². The molecule has 3 N–H and O–H groups in total. The van der Waals surface area contributed by atoms with Crippen LogP contribution in [0.15, 0.2) is 17.1 Å². The Balaban J connectivity index is 0.000000711. The first-order valence-electron chi connectivity index (χ1n) is 6.47. The smallest absolute Gasteiger partial charge is 0.151 e. The fraction of sp³-hybridized carbons (Fsp3) is 0.467. The first-order chi connectivity index (χ1) is 9.03. The molecule has 0 heterocycles. The normalized spacial score (nSPS) is 9.95. The molecule has 0 saturated heterocycles. The van der Waals surface area contributed by atoms with Crippen LogP contribution in [0.1, 0.15) is 37.8 Å². The first kappa shape index (κ1) is 17.2. The predicted octanol–water partition coefficient (Wildman–Crippen LogP) is 3.46. The summed E-state index contributed by atoms with van der Waals surface area (Å²) in [6, 6.07) is 3.64. The molecule has 0 atom stereocenters. The third-order valence-corrected chi connectivity index (χ3v) is 2.63. The summed E-state index contributed by atoms with van der Waals surface area (Å²) in [5.74, 6) is 0.542. The van der Waals surface area contributed by atoms with Gasteiger partial charge in [-0.1, -0.05) is 32.8 Å². The summed E-state index contributed by atoms with van der Waals surface area (Å²) in [6.45, 7) is 6.27. The molecule has 1 aromatic rings. The number of rotatable bonds is 4. The van der Waals surface area contributed by atoms with Crippen molar-refractivity contribution >= 4 is 17.6 Å². The van der Waals surface area contributed by atoms with Crippen molar-refractivity contribution in [3.63, 3.8) is 0 Å². The van der Waals surface area contributed by atoms with Gasteiger partial charge in [-0.2, -0.15) is 0 Å². The van der Waals surface area contributed by atoms with E-state index in [2.05, 4.69) is 18.8 Å². The van der Waals surface area contributed by atoms with E-state index in [1.54, 1.807) is 20.2 Å². The number of anilines is 1. The molecule has 0 aliphatic rings. The van der Waals surface area contributed by atoms with E-state index in [9.17, 15) is 0 Å². The number of nitrogens with zero attached hydrogens (tertiary/aromatic N) is 1. The zero-order valence-corrected chi connectivity index (χ0v) is 12.6. The maximum atomic E-state index is 7.83. The molecule has 106 valence electrons. The van der Waals surface area contributed by atoms with E-state index in [0.29, 0.717) is 22.7 Å². The van der Waals surface area contributed by atoms with Crippen LogP contribution in [0.25, 0.3) is 0 Å². The summed E-state index contributed by atoms with van der Waals surface area (Å²) in [7, 11) is 3.17. The third kappa shape index (κ3) is 5.12. The van der Waals surface area contributed by atoms with Crippen molar-refractivity contribution in [2.24, 2.45) is 4.99 Å². The number of nitrogen functional groups attached to an aromatic ring is 1. The number of methoxy groups -OCH3 is 1. The molecule has 4 heteroatoms. The highest BCUT2D eigenvalue weighted by molar-refractivity contribution is 6.38. The number of nitrogens with two attached hydrogens (primary N) is 1. The lowest BCUT2D eigenvalue weighted by atomic mass is 10.0. The second-order valence-electron chi connectivity index (χ2n) is 4.18. The summed E-state index contributed by atoms with van der Waals surface area (Å²) in [4.78, 5) is 3.81. The van der Waals surface area contributed by atoms with E-state index in [1.807, 2.05) is 13.0 Å². The van der Waals surface area contributed by atoms with Gasteiger partial charge in [-0.3, -0.25) is 10.4 Å². The van der Waals surface area contributed by atoms with Gasteiger partial charge >= 0.3 is 0 Å². The highest BCUT2D eigenvalue weighted by Gasteiger charge is 2.13. The second kappa shape index (κ2) is 9.14. The minimum absolute atomic E-state index is 0.305. The van der Waals surface area contributed by atoms with Gasteiger partial charge in [0.1, 0.15) is 0 Å². The predicted molar refractivity (Wildman–Crippen MR) is 84.0 cm³/mol. The Hall–Kier alpha value is -1.84. The monoisotopic (exact) mass is 263 g/mol. The van der Waals surface area contributed by atoms with Crippen LogP contribution < -0.4 is 10.5 Å². The molecule has 0 unspecified atom stereocenters. The maximum absolute atomic E-state index is 7.83. The Labute approximate surface area is 116 Å². The van der Waals surface area contributed by atoms with Gasteiger partial charge in [0.05, 0.1) is 18.5 Å². The van der Waals surface area contributed by atoms with Gasteiger partial charge in [0.25, 0.3) is 0 Å². The SMILES string of the molecule is CCCC.CN=CC(=N)c1c(C)ccc(N)c1OC. The number of ether oxygens (including phenoxy) is 1. The molecule has 0 fully saturated rings. The zero-order valence-electron chi connectivity index (χ0n) is 12.6. The van der Waals surface area contributed by atoms with E-state index in [1.165, 1.54) is 19.1 Å². The number of hydrogen-bond donors (Lipinski definition) is 2. The molecule has 0 bridgehead atoms. The van der Waals surface area contributed by atoms with Crippen LogP contribution in [-0.2, 0) is 0 Å². The van der Waals surface area contributed by atoms with E-state index in [4.69, 9.17) is 15.9 Å². The van der Waals surface area contributed by atoms with Gasteiger partial charge in [-0.05, 0) is 18.6 Å². The van der Waals surface area contributed by atoms with Crippen molar-refractivity contribution < 1.29 is 4.74 Å². The van der Waals surface area contributed by atoms with Gasteiger partial charge in [-0.15, -0.1) is 0 Å². The van der Waals surface area contributed by atoms with Crippen LogP contribution in [0.3, 0.4) is 0 Å². The lowest BCUT2D eigenvalue weighted by Crippen LogP contribution is -2.08. The molecule has 0 saturated carbocycles. The van der Waals surface area contributed by atoms with Gasteiger partial charge < -0.3 is 10.5 Å². The lowest BCUT2D eigenvalue weighted by molar-refractivity contribution is 0.416. The van der Waals surface area contributed by atoms with Crippen LogP contribution in [0.2, 0.25) is 0 Å². The van der Waals surface area contributed by atoms with Crippen molar-refractivity contribution in [2.75, 3.05) is 19.9 Å². The lowest BCUT2D eigenvalue weighted by Gasteiger charge is -2.12. The standard InChI is InChI=1S/C11H15N3O.C4H10/c1-7-4-5-8(12)11(15-3)10(7)9(13)6-14-2;1-3-4-2/h4-6,13H,12H2,1-3H3;3-4H2,1-2H3. The van der Waals surface area contributed by atoms with Gasteiger partial charge in [0.15, 0.2) is 5.75 Å². The zero-order chi connectivity index (χ0) is 14.8. The van der Waals surface area contributed by atoms with Gasteiger partial charge in [0, 0.05) is 18.8 Å². The molecule has 19 heavy (non-hydrogen) atoms. The second-order valence-corrected chi connectivity index (χ2v) is 4.18. The fourth-order valence-electron chi connectivity index (χ4n) is 1.45. The number of benzene rings is 1. The molecular formula is C15H25N3O. The fourth-order valence-corrected chi connectivity index (χ4v) is 1.45. The largest absolute Gasteiger partial charge is 0.494 e. The van der Waals surface area contributed by atoms with Crippen LogP contribution in [0.5, 0.6) is 5.75 Å². The number of nitrogens with one attached hydrogen (secondary N) is 1. The van der Waals surface area contributed by atoms with Crippen molar-refractivity contribution in [3.05, 3.63) is 23.3 Å². The maximum Gasteiger partial charge on any atom is 0.151 e. The number of hydrogen-bond acceptors (Lipinski definition) is 4. The topological polar surface area (TPSA) is 71.5 Å². The molecule has 0 aromatic heterocycles. The van der Waals surface area contributed by atoms with Crippen molar-refractivity contribution in [1.29, 1.82) is 5.41 Å². The molecule has 0 aliphatic carbocycles. The molecule has 0 spiro atoms. The Kier molecular flexibility index (Phi) is 8.25. The highest BCUT2D eigenvalue weighted by atomic mass is 16.5. The molecule has 0 radical (unpaired) electrons. The summed E-state index contributed by atoms with van der Waals surface area (Å²) in [5, 5.41) is 7.83. The van der Waals surface area contributed by atoms with Crippen molar-refractivity contribution in [3.8, 4) is 5.75 Å². The van der Waals surface area contributed by atoms with Gasteiger partial charge in [0.2, 0.25) is 0 Å². The Morgan fingerprint density at radius 1 is 1.37 bits per heavy atom. The number of aliphatic imine (C=N–C) groups is 1. The average molecular weight is 263 g/mol. The van der Waals surface area contributed by atoms with E-state index >= 15 is 0 Å². The molecule has 1 rings (SSSR count). The minimum Gasteiger partial charge on any atom is -0.494 e. The molecule has 4 nitrogen and oxygen atoms in total. The van der Waals surface area contributed by atoms with E-state index in [-0.39, 0.29) is 0 Å². The third-order valence-electron chi connectivity index (χ3n) is 2.63. The number of unbranched alkanes of at least 4 members (excludes halogenated alkanes) is 1. The molecule has 0 amide bonds. The van der Waals surface area contributed by atoms with Crippen LogP contribution >= 0.6 is 0 Å². The number of aryl methyl sites for hydroxylation is 1. The van der Waals surface area contributed by atoms with Crippen molar-refractivity contribution in [1.82, 2.24) is 0 Å². The Morgan fingerprint density at radius 3 is 2.37 bits per heavy atom. The average Bonchev–Trinajstić information content (AvgIpc) is 2.41.